The molecule has 0 saturated heterocycles. The fraction of sp³-hybridized carbons (Fsp3) is 0.235. The predicted molar refractivity (Wildman–Crippen MR) is 110 cm³/mol. The first kappa shape index (κ1) is 20.5. The van der Waals surface area contributed by atoms with Crippen LogP contribution in [0.1, 0.15) is 11.1 Å². The summed E-state index contributed by atoms with van der Waals surface area (Å²) in [6.45, 7) is 1.10. The lowest BCUT2D eigenvalue weighted by Crippen LogP contribution is -2.22. The lowest BCUT2D eigenvalue weighted by Gasteiger charge is -2.08. The molecule has 0 unspecified atom stereocenters. The molecular weight excluding hydrogens is 441 g/mol. The lowest BCUT2D eigenvalue weighted by molar-refractivity contribution is 0.185. The monoisotopic (exact) mass is 461 g/mol. The number of hydrogen-bond donors (Lipinski definition) is 2. The first-order valence-corrected chi connectivity index (χ1v) is 7.47. The van der Waals surface area contributed by atoms with Crippen LogP contribution >= 0.6 is 35.6 Å². The minimum Gasteiger partial charge on any atom is -0.495 e. The second kappa shape index (κ2) is 10.4. The molecule has 2 aromatic rings. The number of hydrogen-bond acceptors (Lipinski definition) is 3. The van der Waals surface area contributed by atoms with E-state index < -0.39 is 0 Å². The Morgan fingerprint density at radius 3 is 2.38 bits per heavy atom. The van der Waals surface area contributed by atoms with Gasteiger partial charge < -0.3 is 20.5 Å². The number of aliphatic imine (C=N–C) groups is 1. The second-order valence-corrected chi connectivity index (χ2v) is 5.33. The number of anilines is 1. The van der Waals surface area contributed by atoms with Crippen LogP contribution in [0.2, 0.25) is 5.02 Å². The van der Waals surface area contributed by atoms with E-state index in [-0.39, 0.29) is 24.0 Å². The molecule has 0 aromatic heterocycles. The average Bonchev–Trinajstić information content (AvgIpc) is 2.55. The Kier molecular flexibility index (Phi) is 8.88. The number of methoxy groups -OCH3 is 2. The van der Waals surface area contributed by atoms with Gasteiger partial charge >= 0.3 is 0 Å². The number of nitrogens with zero attached hydrogens (tertiary/aromatic N) is 1. The number of ether oxygens (including phenoxy) is 2. The van der Waals surface area contributed by atoms with Gasteiger partial charge in [0.15, 0.2) is 5.96 Å². The van der Waals surface area contributed by atoms with Gasteiger partial charge in [0.1, 0.15) is 5.75 Å². The van der Waals surface area contributed by atoms with Gasteiger partial charge in [-0.15, -0.1) is 24.0 Å². The molecule has 0 bridgehead atoms. The van der Waals surface area contributed by atoms with Gasteiger partial charge in [0.2, 0.25) is 0 Å². The van der Waals surface area contributed by atoms with Gasteiger partial charge in [-0.05, 0) is 29.3 Å². The molecule has 7 heteroatoms. The third-order valence-electron chi connectivity index (χ3n) is 3.19. The topological polar surface area (TPSA) is 68.9 Å². The Bertz CT molecular complexity index is 678. The maximum atomic E-state index is 6.07. The van der Waals surface area contributed by atoms with Crippen molar-refractivity contribution >= 4 is 47.2 Å². The van der Waals surface area contributed by atoms with Crippen molar-refractivity contribution in [3.63, 3.8) is 0 Å². The molecule has 3 N–H and O–H groups in total. The highest BCUT2D eigenvalue weighted by Gasteiger charge is 2.02. The molecule has 0 aliphatic carbocycles. The second-order valence-electron chi connectivity index (χ2n) is 4.93. The Balaban J connectivity index is 0.00000288. The first-order valence-electron chi connectivity index (χ1n) is 7.09. The number of benzene rings is 2. The highest BCUT2D eigenvalue weighted by Crippen LogP contribution is 2.27. The molecule has 0 amide bonds. The van der Waals surface area contributed by atoms with Crippen molar-refractivity contribution < 1.29 is 9.47 Å². The van der Waals surface area contributed by atoms with Gasteiger partial charge in [-0.1, -0.05) is 35.9 Å². The molecule has 2 aromatic carbocycles. The van der Waals surface area contributed by atoms with E-state index >= 15 is 0 Å². The zero-order chi connectivity index (χ0) is 16.7. The van der Waals surface area contributed by atoms with Gasteiger partial charge in [0.25, 0.3) is 0 Å². The fourth-order valence-electron chi connectivity index (χ4n) is 2.02. The predicted octanol–water partition coefficient (Wildman–Crippen LogP) is 4.04. The molecule has 0 fully saturated rings. The first-order chi connectivity index (χ1) is 11.1. The van der Waals surface area contributed by atoms with E-state index in [1.165, 1.54) is 0 Å². The molecule has 0 spiro atoms. The third-order valence-corrected chi connectivity index (χ3v) is 3.49. The summed E-state index contributed by atoms with van der Waals surface area (Å²) >= 11 is 6.07. The van der Waals surface area contributed by atoms with Crippen LogP contribution in [0.4, 0.5) is 5.69 Å². The highest BCUT2D eigenvalue weighted by atomic mass is 127. The van der Waals surface area contributed by atoms with Crippen LogP contribution < -0.4 is 15.8 Å². The van der Waals surface area contributed by atoms with E-state index in [9.17, 15) is 0 Å². The zero-order valence-electron chi connectivity index (χ0n) is 13.6. The van der Waals surface area contributed by atoms with Gasteiger partial charge in [-0.25, -0.2) is 4.99 Å². The lowest BCUT2D eigenvalue weighted by atomic mass is 10.1. The summed E-state index contributed by atoms with van der Waals surface area (Å²) < 4.78 is 10.2. The van der Waals surface area contributed by atoms with Crippen molar-refractivity contribution in [3.8, 4) is 5.75 Å². The van der Waals surface area contributed by atoms with Gasteiger partial charge in [-0.3, -0.25) is 0 Å². The Morgan fingerprint density at radius 2 is 1.79 bits per heavy atom. The molecule has 2 rings (SSSR count). The molecule has 130 valence electrons. The van der Waals surface area contributed by atoms with Crippen LogP contribution in [-0.4, -0.2) is 20.2 Å². The van der Waals surface area contributed by atoms with Crippen molar-refractivity contribution in [2.24, 2.45) is 10.7 Å². The SMILES string of the molecule is COCc1ccc(CN=C(N)Nc2ccc(OC)c(Cl)c2)cc1.I. The quantitative estimate of drug-likeness (QED) is 0.387. The highest BCUT2D eigenvalue weighted by molar-refractivity contribution is 14.0. The van der Waals surface area contributed by atoms with Crippen LogP contribution in [0.25, 0.3) is 0 Å². The van der Waals surface area contributed by atoms with Crippen LogP contribution in [-0.2, 0) is 17.9 Å². The normalized spacial score (nSPS) is 10.9. The molecule has 24 heavy (non-hydrogen) atoms. The van der Waals surface area contributed by atoms with Crippen molar-refractivity contribution in [3.05, 3.63) is 58.6 Å². The van der Waals surface area contributed by atoms with Crippen molar-refractivity contribution in [2.75, 3.05) is 19.5 Å². The molecular formula is C17H21ClIN3O2. The summed E-state index contributed by atoms with van der Waals surface area (Å²) in [5, 5.41) is 3.52. The Morgan fingerprint density at radius 1 is 1.12 bits per heavy atom. The summed E-state index contributed by atoms with van der Waals surface area (Å²) in [5.74, 6) is 0.941. The van der Waals surface area contributed by atoms with Crippen molar-refractivity contribution in [1.29, 1.82) is 0 Å². The molecule has 0 aliphatic rings. The maximum Gasteiger partial charge on any atom is 0.193 e. The molecule has 0 saturated carbocycles. The van der Waals surface area contributed by atoms with E-state index in [4.69, 9.17) is 26.8 Å². The Hall–Kier alpha value is -1.51. The van der Waals surface area contributed by atoms with Crippen LogP contribution in [0.3, 0.4) is 0 Å². The van der Waals surface area contributed by atoms with E-state index in [1.54, 1.807) is 26.4 Å². The maximum absolute atomic E-state index is 6.07. The smallest absolute Gasteiger partial charge is 0.193 e. The number of halogens is 2. The summed E-state index contributed by atoms with van der Waals surface area (Å²) in [7, 11) is 3.25. The minimum absolute atomic E-state index is 0. The standard InChI is InChI=1S/C17H20ClN3O2.HI/c1-22-11-13-5-3-12(4-6-13)10-20-17(19)21-14-7-8-16(23-2)15(18)9-14;/h3-9H,10-11H2,1-2H3,(H3,19,20,21);1H. The number of nitrogens with two attached hydrogens (primary N) is 1. The summed E-state index contributed by atoms with van der Waals surface area (Å²) in [5.41, 5.74) is 8.85. The molecule has 0 heterocycles. The molecule has 0 atom stereocenters. The van der Waals surface area contributed by atoms with E-state index in [2.05, 4.69) is 10.3 Å². The zero-order valence-corrected chi connectivity index (χ0v) is 16.7. The van der Waals surface area contributed by atoms with Crippen LogP contribution in [0.5, 0.6) is 5.75 Å². The number of guanidine groups is 1. The van der Waals surface area contributed by atoms with E-state index in [0.717, 1.165) is 16.8 Å². The number of nitrogens with one attached hydrogen (secondary N) is 1. The summed E-state index contributed by atoms with van der Waals surface area (Å²) in [6, 6.07) is 13.4. The summed E-state index contributed by atoms with van der Waals surface area (Å²) in [6.07, 6.45) is 0. The van der Waals surface area contributed by atoms with Crippen molar-refractivity contribution in [1.82, 2.24) is 0 Å². The van der Waals surface area contributed by atoms with E-state index in [1.807, 2.05) is 30.3 Å². The van der Waals surface area contributed by atoms with Gasteiger partial charge in [0.05, 0.1) is 25.3 Å². The Labute approximate surface area is 164 Å². The van der Waals surface area contributed by atoms with Crippen LogP contribution in [0, 0.1) is 0 Å². The largest absolute Gasteiger partial charge is 0.495 e. The molecule has 5 nitrogen and oxygen atoms in total. The number of rotatable bonds is 6. The van der Waals surface area contributed by atoms with Crippen molar-refractivity contribution in [2.45, 2.75) is 13.2 Å². The van der Waals surface area contributed by atoms with Gasteiger partial charge in [-0.2, -0.15) is 0 Å². The van der Waals surface area contributed by atoms with E-state index in [0.29, 0.717) is 29.9 Å². The van der Waals surface area contributed by atoms with Gasteiger partial charge in [0, 0.05) is 12.8 Å². The summed E-state index contributed by atoms with van der Waals surface area (Å²) in [4.78, 5) is 4.32. The molecule has 0 radical (unpaired) electrons. The fourth-order valence-corrected chi connectivity index (χ4v) is 2.27. The third kappa shape index (κ3) is 6.18. The minimum atomic E-state index is 0. The average molecular weight is 462 g/mol. The molecule has 0 aliphatic heterocycles. The van der Waals surface area contributed by atoms with Crippen LogP contribution in [0.15, 0.2) is 47.5 Å².